The quantitative estimate of drug-likeness (QED) is 0.905. The average Bonchev–Trinajstić information content (AvgIpc) is 2.90. The lowest BCUT2D eigenvalue weighted by atomic mass is 9.98. The van der Waals surface area contributed by atoms with E-state index < -0.39 is 12.0 Å². The molecule has 0 amide bonds. The summed E-state index contributed by atoms with van der Waals surface area (Å²) in [7, 11) is 0. The van der Waals surface area contributed by atoms with E-state index >= 15 is 0 Å². The first kappa shape index (κ1) is 14.1. The largest absolute Gasteiger partial charge is 0.453 e. The van der Waals surface area contributed by atoms with Crippen LogP contribution in [0.15, 0.2) is 12.1 Å². The summed E-state index contributed by atoms with van der Waals surface area (Å²) in [6.45, 7) is 2.04. The number of hydrogen-bond donors (Lipinski definition) is 1. The zero-order chi connectivity index (χ0) is 15.0. The van der Waals surface area contributed by atoms with Crippen LogP contribution in [0.1, 0.15) is 18.7 Å². The van der Waals surface area contributed by atoms with E-state index in [1.807, 2.05) is 4.90 Å². The minimum Gasteiger partial charge on any atom is -0.355 e. The van der Waals surface area contributed by atoms with Crippen molar-refractivity contribution in [3.8, 4) is 0 Å². The zero-order valence-electron chi connectivity index (χ0n) is 11.2. The highest BCUT2D eigenvalue weighted by Crippen LogP contribution is 2.28. The molecule has 9 heteroatoms. The summed E-state index contributed by atoms with van der Waals surface area (Å²) in [5.41, 5.74) is 5.76. The van der Waals surface area contributed by atoms with Crippen molar-refractivity contribution < 1.29 is 13.2 Å². The normalized spacial score (nSPS) is 20.2. The first-order valence-electron chi connectivity index (χ1n) is 6.73. The minimum absolute atomic E-state index is 0.0819. The van der Waals surface area contributed by atoms with E-state index in [0.717, 1.165) is 23.9 Å². The molecule has 0 radical (unpaired) electrons. The molecular formula is C12H15F3N6. The molecule has 114 valence electrons. The van der Waals surface area contributed by atoms with Crippen molar-refractivity contribution in [1.29, 1.82) is 0 Å². The Morgan fingerprint density at radius 2 is 2.10 bits per heavy atom. The molecule has 0 saturated carbocycles. The Hall–Kier alpha value is -1.90. The van der Waals surface area contributed by atoms with Crippen molar-refractivity contribution in [3.63, 3.8) is 0 Å². The minimum atomic E-state index is -4.58. The Kier molecular flexibility index (Phi) is 3.44. The second kappa shape index (κ2) is 5.14. The van der Waals surface area contributed by atoms with Crippen LogP contribution in [0.3, 0.4) is 0 Å². The van der Waals surface area contributed by atoms with E-state index in [4.69, 9.17) is 5.73 Å². The van der Waals surface area contributed by atoms with Gasteiger partial charge in [-0.2, -0.15) is 17.7 Å². The van der Waals surface area contributed by atoms with Crippen LogP contribution >= 0.6 is 0 Å². The maximum Gasteiger partial charge on any atom is 0.453 e. The number of rotatable bonds is 2. The van der Waals surface area contributed by atoms with E-state index in [-0.39, 0.29) is 5.65 Å². The summed E-state index contributed by atoms with van der Waals surface area (Å²) < 4.78 is 39.3. The molecule has 1 saturated heterocycles. The lowest BCUT2D eigenvalue weighted by Crippen LogP contribution is -2.39. The van der Waals surface area contributed by atoms with Crippen LogP contribution < -0.4 is 10.6 Å². The van der Waals surface area contributed by atoms with Crippen LogP contribution in [0.5, 0.6) is 0 Å². The van der Waals surface area contributed by atoms with E-state index in [1.165, 1.54) is 6.07 Å². The van der Waals surface area contributed by atoms with Gasteiger partial charge in [0.05, 0.1) is 0 Å². The number of aromatic nitrogens is 4. The fraction of sp³-hybridized carbons (Fsp3) is 0.583. The summed E-state index contributed by atoms with van der Waals surface area (Å²) in [5, 5.41) is 10.7. The Balaban J connectivity index is 1.96. The van der Waals surface area contributed by atoms with Crippen LogP contribution in [0, 0.1) is 5.92 Å². The molecule has 0 bridgehead atoms. The molecule has 2 aromatic heterocycles. The molecule has 2 aromatic rings. The van der Waals surface area contributed by atoms with Gasteiger partial charge in [0.15, 0.2) is 5.65 Å². The monoisotopic (exact) mass is 300 g/mol. The number of anilines is 1. The van der Waals surface area contributed by atoms with E-state index in [1.54, 1.807) is 6.07 Å². The first-order chi connectivity index (χ1) is 9.99. The third kappa shape index (κ3) is 2.65. The number of halogens is 3. The van der Waals surface area contributed by atoms with Gasteiger partial charge in [-0.15, -0.1) is 15.3 Å². The maximum absolute atomic E-state index is 12.8. The SMILES string of the molecule is NCC1CCCN(c2ccc3nnc(C(F)(F)F)n3n2)C1. The number of piperidine rings is 1. The third-order valence-electron chi connectivity index (χ3n) is 3.68. The molecule has 1 unspecified atom stereocenters. The lowest BCUT2D eigenvalue weighted by molar-refractivity contribution is -0.146. The molecule has 3 heterocycles. The summed E-state index contributed by atoms with van der Waals surface area (Å²) in [6.07, 6.45) is -2.59. The fourth-order valence-electron chi connectivity index (χ4n) is 2.59. The van der Waals surface area contributed by atoms with Gasteiger partial charge in [0.25, 0.3) is 5.82 Å². The highest BCUT2D eigenvalue weighted by molar-refractivity contribution is 5.46. The predicted octanol–water partition coefficient (Wildman–Crippen LogP) is 1.32. The fourth-order valence-corrected chi connectivity index (χ4v) is 2.59. The van der Waals surface area contributed by atoms with Crippen molar-refractivity contribution in [2.24, 2.45) is 11.7 Å². The summed E-state index contributed by atoms with van der Waals surface area (Å²) >= 11 is 0. The smallest absolute Gasteiger partial charge is 0.355 e. The van der Waals surface area contributed by atoms with Crippen LogP contribution in [-0.4, -0.2) is 39.4 Å². The third-order valence-corrected chi connectivity index (χ3v) is 3.68. The number of nitrogens with two attached hydrogens (primary N) is 1. The Labute approximate surface area is 118 Å². The second-order valence-electron chi connectivity index (χ2n) is 5.17. The van der Waals surface area contributed by atoms with Crippen molar-refractivity contribution in [1.82, 2.24) is 19.8 Å². The molecule has 0 aliphatic carbocycles. The Morgan fingerprint density at radius 3 is 2.81 bits per heavy atom. The lowest BCUT2D eigenvalue weighted by Gasteiger charge is -2.32. The van der Waals surface area contributed by atoms with Gasteiger partial charge in [-0.05, 0) is 37.4 Å². The molecule has 2 N–H and O–H groups in total. The van der Waals surface area contributed by atoms with E-state index in [0.29, 0.717) is 24.8 Å². The van der Waals surface area contributed by atoms with Gasteiger partial charge in [-0.3, -0.25) is 0 Å². The van der Waals surface area contributed by atoms with Gasteiger partial charge >= 0.3 is 6.18 Å². The van der Waals surface area contributed by atoms with Gasteiger partial charge in [0.1, 0.15) is 5.82 Å². The molecule has 6 nitrogen and oxygen atoms in total. The first-order valence-corrected chi connectivity index (χ1v) is 6.73. The van der Waals surface area contributed by atoms with Gasteiger partial charge in [0.2, 0.25) is 0 Å². The van der Waals surface area contributed by atoms with Crippen LogP contribution in [0.4, 0.5) is 19.0 Å². The number of alkyl halides is 3. The van der Waals surface area contributed by atoms with Crippen molar-refractivity contribution in [2.75, 3.05) is 24.5 Å². The molecule has 21 heavy (non-hydrogen) atoms. The molecule has 0 spiro atoms. The zero-order valence-corrected chi connectivity index (χ0v) is 11.2. The van der Waals surface area contributed by atoms with Crippen molar-refractivity contribution in [3.05, 3.63) is 18.0 Å². The Bertz CT molecular complexity index is 637. The molecule has 1 atom stereocenters. The van der Waals surface area contributed by atoms with Crippen molar-refractivity contribution in [2.45, 2.75) is 19.0 Å². The van der Waals surface area contributed by atoms with E-state index in [9.17, 15) is 13.2 Å². The number of hydrogen-bond acceptors (Lipinski definition) is 5. The number of nitrogens with zero attached hydrogens (tertiary/aromatic N) is 5. The number of fused-ring (bicyclic) bond motifs is 1. The molecule has 3 rings (SSSR count). The standard InChI is InChI=1S/C12H15F3N6/c13-12(14,15)11-18-17-9-3-4-10(19-21(9)11)20-5-1-2-8(6-16)7-20/h3-4,8H,1-2,5-7,16H2. The molecule has 1 fully saturated rings. The average molecular weight is 300 g/mol. The topological polar surface area (TPSA) is 72.3 Å². The van der Waals surface area contributed by atoms with Gasteiger partial charge in [-0.1, -0.05) is 0 Å². The Morgan fingerprint density at radius 1 is 1.29 bits per heavy atom. The summed E-state index contributed by atoms with van der Waals surface area (Å²) in [5.74, 6) is -0.267. The van der Waals surface area contributed by atoms with E-state index in [2.05, 4.69) is 15.3 Å². The molecule has 0 aromatic carbocycles. The highest BCUT2D eigenvalue weighted by atomic mass is 19.4. The van der Waals surface area contributed by atoms with Gasteiger partial charge in [-0.25, -0.2) is 0 Å². The predicted molar refractivity (Wildman–Crippen MR) is 69.8 cm³/mol. The van der Waals surface area contributed by atoms with Crippen LogP contribution in [-0.2, 0) is 6.18 Å². The maximum atomic E-state index is 12.8. The summed E-state index contributed by atoms with van der Waals surface area (Å²) in [6, 6.07) is 3.17. The molecule has 1 aliphatic heterocycles. The van der Waals surface area contributed by atoms with Crippen LogP contribution in [0.25, 0.3) is 5.65 Å². The van der Waals surface area contributed by atoms with Crippen molar-refractivity contribution >= 4 is 11.5 Å². The van der Waals surface area contributed by atoms with Crippen LogP contribution in [0.2, 0.25) is 0 Å². The summed E-state index contributed by atoms with van der Waals surface area (Å²) in [4.78, 5) is 1.96. The molecular weight excluding hydrogens is 285 g/mol. The van der Waals surface area contributed by atoms with Gasteiger partial charge in [0, 0.05) is 13.1 Å². The second-order valence-corrected chi connectivity index (χ2v) is 5.17. The van der Waals surface area contributed by atoms with Gasteiger partial charge < -0.3 is 10.6 Å². The molecule has 1 aliphatic rings. The highest BCUT2D eigenvalue weighted by Gasteiger charge is 2.37.